The van der Waals surface area contributed by atoms with E-state index in [4.69, 9.17) is 9.47 Å². The number of benzene rings is 2. The topological polar surface area (TPSA) is 97.8 Å². The lowest BCUT2D eigenvalue weighted by atomic mass is 10.1. The predicted molar refractivity (Wildman–Crippen MR) is 129 cm³/mol. The van der Waals surface area contributed by atoms with Gasteiger partial charge in [0.2, 0.25) is 10.0 Å². The van der Waals surface area contributed by atoms with Crippen LogP contribution in [0.15, 0.2) is 59.5 Å². The first-order valence-corrected chi connectivity index (χ1v) is 12.5. The summed E-state index contributed by atoms with van der Waals surface area (Å²) in [6.45, 7) is 2.90. The van der Waals surface area contributed by atoms with Crippen molar-refractivity contribution >= 4 is 32.4 Å². The number of methoxy groups -OCH3 is 2. The Balaban J connectivity index is 1.73. The van der Waals surface area contributed by atoms with Crippen LogP contribution in [-0.2, 0) is 19.5 Å². The van der Waals surface area contributed by atoms with Gasteiger partial charge in [0.05, 0.1) is 23.8 Å². The molecule has 1 amide bonds. The molecule has 0 saturated heterocycles. The van der Waals surface area contributed by atoms with Gasteiger partial charge < -0.3 is 9.47 Å². The number of aryl methyl sites for hydroxylation is 1. The van der Waals surface area contributed by atoms with Gasteiger partial charge in [-0.1, -0.05) is 30.3 Å². The maximum absolute atomic E-state index is 13.0. The fraction of sp³-hybridized carbons (Fsp3) is 0.304. The van der Waals surface area contributed by atoms with E-state index < -0.39 is 10.0 Å². The van der Waals surface area contributed by atoms with E-state index in [1.807, 2.05) is 37.3 Å². The van der Waals surface area contributed by atoms with Crippen molar-refractivity contribution in [1.29, 1.82) is 0 Å². The lowest BCUT2D eigenvalue weighted by Crippen LogP contribution is -2.36. The molecule has 176 valence electrons. The van der Waals surface area contributed by atoms with Crippen molar-refractivity contribution in [3.05, 3.63) is 65.0 Å². The normalized spacial score (nSPS) is 11.6. The minimum Gasteiger partial charge on any atom is -0.383 e. The summed E-state index contributed by atoms with van der Waals surface area (Å²) < 4.78 is 37.3. The highest BCUT2D eigenvalue weighted by Gasteiger charge is 2.24. The molecule has 0 radical (unpaired) electrons. The zero-order valence-corrected chi connectivity index (χ0v) is 20.4. The van der Waals surface area contributed by atoms with Gasteiger partial charge in [-0.15, -0.1) is 11.3 Å². The summed E-state index contributed by atoms with van der Waals surface area (Å²) in [7, 11) is -0.718. The van der Waals surface area contributed by atoms with Gasteiger partial charge in [0, 0.05) is 43.3 Å². The maximum atomic E-state index is 13.0. The highest BCUT2D eigenvalue weighted by Crippen LogP contribution is 2.30. The summed E-state index contributed by atoms with van der Waals surface area (Å²) in [4.78, 5) is 18.3. The molecule has 3 aromatic rings. The quantitative estimate of drug-likeness (QED) is 0.442. The van der Waals surface area contributed by atoms with Crippen molar-refractivity contribution in [2.45, 2.75) is 11.8 Å². The Morgan fingerprint density at radius 1 is 1.00 bits per heavy atom. The van der Waals surface area contributed by atoms with Crippen molar-refractivity contribution in [2.75, 3.05) is 45.8 Å². The predicted octanol–water partition coefficient (Wildman–Crippen LogP) is 3.65. The van der Waals surface area contributed by atoms with Gasteiger partial charge in [-0.05, 0) is 31.2 Å². The van der Waals surface area contributed by atoms with E-state index in [1.54, 1.807) is 0 Å². The molecule has 0 aliphatic carbocycles. The molecule has 0 saturated carbocycles. The number of sulfonamides is 1. The van der Waals surface area contributed by atoms with E-state index in [2.05, 4.69) is 10.3 Å². The molecule has 0 aliphatic rings. The van der Waals surface area contributed by atoms with E-state index in [1.165, 1.54) is 54.1 Å². The van der Waals surface area contributed by atoms with Crippen LogP contribution in [0.4, 0.5) is 5.13 Å². The minimum absolute atomic E-state index is 0.0997. The number of carbonyl (C=O) groups excluding carboxylic acids is 1. The van der Waals surface area contributed by atoms with Crippen LogP contribution in [0.3, 0.4) is 0 Å². The number of nitrogens with one attached hydrogen (secondary N) is 1. The van der Waals surface area contributed by atoms with Crippen LogP contribution in [0.5, 0.6) is 0 Å². The molecule has 33 heavy (non-hydrogen) atoms. The third-order valence-corrected chi connectivity index (χ3v) is 7.71. The van der Waals surface area contributed by atoms with Gasteiger partial charge in [-0.2, -0.15) is 4.31 Å². The van der Waals surface area contributed by atoms with Gasteiger partial charge >= 0.3 is 0 Å². The summed E-state index contributed by atoms with van der Waals surface area (Å²) in [6, 6.07) is 15.6. The molecular weight excluding hydrogens is 462 g/mol. The summed E-state index contributed by atoms with van der Waals surface area (Å²) in [5.41, 5.74) is 2.14. The SMILES string of the molecule is COCCN(CCOC)S(=O)(=O)c1ccc(C(=O)Nc2nc(-c3ccccc3)c(C)s2)cc1. The fourth-order valence-electron chi connectivity index (χ4n) is 3.15. The molecule has 0 unspecified atom stereocenters. The molecule has 0 aliphatic heterocycles. The summed E-state index contributed by atoms with van der Waals surface area (Å²) in [5.74, 6) is -0.358. The Kier molecular flexibility index (Phi) is 8.70. The van der Waals surface area contributed by atoms with E-state index in [-0.39, 0.29) is 37.1 Å². The first-order valence-electron chi connectivity index (χ1n) is 10.3. The largest absolute Gasteiger partial charge is 0.383 e. The molecule has 0 spiro atoms. The number of anilines is 1. The van der Waals surface area contributed by atoms with Gasteiger partial charge in [-0.25, -0.2) is 13.4 Å². The van der Waals surface area contributed by atoms with Crippen LogP contribution in [0, 0.1) is 6.92 Å². The Labute approximate surface area is 198 Å². The molecule has 0 bridgehead atoms. The first kappa shape index (κ1) is 25.0. The van der Waals surface area contributed by atoms with Gasteiger partial charge in [-0.3, -0.25) is 10.1 Å². The minimum atomic E-state index is -3.75. The summed E-state index contributed by atoms with van der Waals surface area (Å²) in [6.07, 6.45) is 0. The second kappa shape index (κ2) is 11.5. The molecule has 1 aromatic heterocycles. The smallest absolute Gasteiger partial charge is 0.257 e. The Morgan fingerprint density at radius 2 is 1.61 bits per heavy atom. The van der Waals surface area contributed by atoms with Gasteiger partial charge in [0.1, 0.15) is 0 Å². The number of nitrogens with zero attached hydrogens (tertiary/aromatic N) is 2. The van der Waals surface area contributed by atoms with Crippen LogP contribution in [0.1, 0.15) is 15.2 Å². The van der Waals surface area contributed by atoms with Crippen LogP contribution in [0.2, 0.25) is 0 Å². The third kappa shape index (κ3) is 6.24. The van der Waals surface area contributed by atoms with Crippen molar-refractivity contribution < 1.29 is 22.7 Å². The lowest BCUT2D eigenvalue weighted by Gasteiger charge is -2.21. The number of hydrogen-bond donors (Lipinski definition) is 1. The second-order valence-corrected chi connectivity index (χ2v) is 10.3. The first-order chi connectivity index (χ1) is 15.9. The van der Waals surface area contributed by atoms with E-state index in [9.17, 15) is 13.2 Å². The van der Waals surface area contributed by atoms with Crippen molar-refractivity contribution in [3.63, 3.8) is 0 Å². The van der Waals surface area contributed by atoms with Crippen LogP contribution in [0.25, 0.3) is 11.3 Å². The van der Waals surface area contributed by atoms with Gasteiger partial charge in [0.15, 0.2) is 5.13 Å². The fourth-order valence-corrected chi connectivity index (χ4v) is 5.39. The van der Waals surface area contributed by atoms with Crippen molar-refractivity contribution in [3.8, 4) is 11.3 Å². The van der Waals surface area contributed by atoms with Crippen LogP contribution >= 0.6 is 11.3 Å². The van der Waals surface area contributed by atoms with Crippen molar-refractivity contribution in [1.82, 2.24) is 9.29 Å². The zero-order chi connectivity index (χ0) is 23.8. The number of carbonyl (C=O) groups is 1. The molecule has 0 atom stereocenters. The summed E-state index contributed by atoms with van der Waals surface area (Å²) >= 11 is 1.39. The molecule has 2 aromatic carbocycles. The molecule has 1 heterocycles. The second-order valence-electron chi connectivity index (χ2n) is 7.16. The van der Waals surface area contributed by atoms with Crippen molar-refractivity contribution in [2.24, 2.45) is 0 Å². The highest BCUT2D eigenvalue weighted by atomic mass is 32.2. The van der Waals surface area contributed by atoms with E-state index in [0.717, 1.165) is 16.1 Å². The molecule has 10 heteroatoms. The van der Waals surface area contributed by atoms with Gasteiger partial charge in [0.25, 0.3) is 5.91 Å². The Morgan fingerprint density at radius 3 is 2.18 bits per heavy atom. The molecular formula is C23H27N3O5S2. The standard InChI is InChI=1S/C23H27N3O5S2/c1-17-21(18-7-5-4-6-8-18)24-23(32-17)25-22(27)19-9-11-20(12-10-19)33(28,29)26(13-15-30-2)14-16-31-3/h4-12H,13-16H2,1-3H3,(H,24,25,27). The zero-order valence-electron chi connectivity index (χ0n) is 18.8. The summed E-state index contributed by atoms with van der Waals surface area (Å²) in [5, 5.41) is 3.29. The number of amides is 1. The van der Waals surface area contributed by atoms with E-state index >= 15 is 0 Å². The average molecular weight is 490 g/mol. The third-order valence-electron chi connectivity index (χ3n) is 4.91. The molecule has 1 N–H and O–H groups in total. The Bertz CT molecular complexity index is 1150. The van der Waals surface area contributed by atoms with Crippen LogP contribution in [-0.4, -0.2) is 64.1 Å². The highest BCUT2D eigenvalue weighted by molar-refractivity contribution is 7.89. The monoisotopic (exact) mass is 489 g/mol. The number of hydrogen-bond acceptors (Lipinski definition) is 7. The maximum Gasteiger partial charge on any atom is 0.257 e. The molecule has 0 fully saturated rings. The molecule has 8 nitrogen and oxygen atoms in total. The van der Waals surface area contributed by atoms with E-state index in [0.29, 0.717) is 10.7 Å². The lowest BCUT2D eigenvalue weighted by molar-refractivity contribution is 0.102. The van der Waals surface area contributed by atoms with Crippen LogP contribution < -0.4 is 5.32 Å². The number of thiazole rings is 1. The number of aromatic nitrogens is 1. The molecule has 3 rings (SSSR count). The number of ether oxygens (including phenoxy) is 2. The Hall–Kier alpha value is -2.63. The number of rotatable bonds is 11. The average Bonchev–Trinajstić information content (AvgIpc) is 3.19.